The van der Waals surface area contributed by atoms with Crippen LogP contribution in [-0.4, -0.2) is 60.2 Å². The number of aromatic nitrogens is 2. The lowest BCUT2D eigenvalue weighted by molar-refractivity contribution is -0.136. The molecule has 0 saturated carbocycles. The number of hydrogen-bond acceptors (Lipinski definition) is 7. The van der Waals surface area contributed by atoms with E-state index in [-0.39, 0.29) is 24.2 Å². The highest BCUT2D eigenvalue weighted by Crippen LogP contribution is 2.31. The number of sulfonamides is 1. The lowest BCUT2D eigenvalue weighted by Crippen LogP contribution is -2.46. The van der Waals surface area contributed by atoms with Gasteiger partial charge in [-0.25, -0.2) is 13.6 Å². The molecule has 0 aliphatic carbocycles. The van der Waals surface area contributed by atoms with Crippen molar-refractivity contribution in [2.45, 2.75) is 44.3 Å². The number of likely N-dealkylation sites (tertiary alicyclic amines) is 1. The number of rotatable bonds is 4. The third kappa shape index (κ3) is 3.89. The average Bonchev–Trinajstić information content (AvgIpc) is 3.20. The quantitative estimate of drug-likeness (QED) is 0.773. The van der Waals surface area contributed by atoms with Crippen LogP contribution in [0.15, 0.2) is 0 Å². The Labute approximate surface area is 156 Å². The van der Waals surface area contributed by atoms with Crippen LogP contribution in [-0.2, 0) is 19.6 Å². The van der Waals surface area contributed by atoms with Crippen molar-refractivity contribution in [1.82, 2.24) is 15.1 Å². The molecule has 3 rings (SSSR count). The van der Waals surface area contributed by atoms with E-state index >= 15 is 0 Å². The number of piperidine rings is 1. The molecule has 0 spiro atoms. The molecule has 26 heavy (non-hydrogen) atoms. The van der Waals surface area contributed by atoms with Gasteiger partial charge >= 0.3 is 0 Å². The van der Waals surface area contributed by atoms with Gasteiger partial charge in [-0.3, -0.25) is 14.5 Å². The summed E-state index contributed by atoms with van der Waals surface area (Å²) < 4.78 is 22.8. The standard InChI is InChI=1S/C15H23N5O4S2/c1-9(2)13-17-18-15(25-13)20-8-10(7-12(20)21)14(22)19-5-3-11(4-6-19)26(16,23)24/h9-11H,3-8H2,1-2H3,(H2,16,23,24). The lowest BCUT2D eigenvalue weighted by Gasteiger charge is -2.32. The van der Waals surface area contributed by atoms with Crippen molar-refractivity contribution in [3.05, 3.63) is 5.01 Å². The maximum atomic E-state index is 12.7. The number of nitrogens with two attached hydrogens (primary N) is 1. The fourth-order valence-electron chi connectivity index (χ4n) is 3.29. The Bertz CT molecular complexity index is 799. The summed E-state index contributed by atoms with van der Waals surface area (Å²) in [5.74, 6) is -0.437. The molecule has 144 valence electrons. The normalized spacial score (nSPS) is 22.5. The summed E-state index contributed by atoms with van der Waals surface area (Å²) in [6, 6.07) is 0. The summed E-state index contributed by atoms with van der Waals surface area (Å²) in [5, 5.41) is 14.2. The van der Waals surface area contributed by atoms with Crippen molar-refractivity contribution < 1.29 is 18.0 Å². The number of carbonyl (C=O) groups excluding carboxylic acids is 2. The van der Waals surface area contributed by atoms with Crippen molar-refractivity contribution >= 4 is 38.3 Å². The van der Waals surface area contributed by atoms with E-state index in [4.69, 9.17) is 5.14 Å². The third-order valence-electron chi connectivity index (χ3n) is 4.85. The molecule has 1 aromatic rings. The smallest absolute Gasteiger partial charge is 0.229 e. The van der Waals surface area contributed by atoms with Crippen molar-refractivity contribution in [2.75, 3.05) is 24.5 Å². The summed E-state index contributed by atoms with van der Waals surface area (Å²) in [7, 11) is -3.57. The fraction of sp³-hybridized carbons (Fsp3) is 0.733. The van der Waals surface area contributed by atoms with Crippen molar-refractivity contribution in [2.24, 2.45) is 11.1 Å². The van der Waals surface area contributed by atoms with Gasteiger partial charge in [-0.2, -0.15) is 0 Å². The van der Waals surface area contributed by atoms with E-state index < -0.39 is 21.2 Å². The summed E-state index contributed by atoms with van der Waals surface area (Å²) in [5.41, 5.74) is 0. The average molecular weight is 402 g/mol. The molecule has 2 N–H and O–H groups in total. The Hall–Kier alpha value is -1.59. The summed E-state index contributed by atoms with van der Waals surface area (Å²) >= 11 is 1.37. The second kappa shape index (κ2) is 7.20. The van der Waals surface area contributed by atoms with Crippen LogP contribution in [0.5, 0.6) is 0 Å². The number of anilines is 1. The molecule has 1 aromatic heterocycles. The molecular weight excluding hydrogens is 378 g/mol. The monoisotopic (exact) mass is 401 g/mol. The maximum Gasteiger partial charge on any atom is 0.229 e. The van der Waals surface area contributed by atoms with Crippen LogP contribution < -0.4 is 10.0 Å². The molecule has 1 atom stereocenters. The van der Waals surface area contributed by atoms with E-state index in [9.17, 15) is 18.0 Å². The van der Waals surface area contributed by atoms with Crippen molar-refractivity contribution in [3.63, 3.8) is 0 Å². The van der Waals surface area contributed by atoms with Crippen LogP contribution in [0.2, 0.25) is 0 Å². The van der Waals surface area contributed by atoms with Gasteiger partial charge in [-0.05, 0) is 12.8 Å². The number of primary sulfonamides is 1. The molecule has 3 heterocycles. The minimum absolute atomic E-state index is 0.109. The molecule has 2 aliphatic heterocycles. The molecule has 9 nitrogen and oxygen atoms in total. The molecule has 0 aromatic carbocycles. The van der Waals surface area contributed by atoms with E-state index in [1.165, 1.54) is 16.2 Å². The van der Waals surface area contributed by atoms with Crippen LogP contribution in [0, 0.1) is 5.92 Å². The summed E-state index contributed by atoms with van der Waals surface area (Å²) in [6.45, 7) is 5.00. The van der Waals surface area contributed by atoms with Crippen LogP contribution >= 0.6 is 11.3 Å². The van der Waals surface area contributed by atoms with Gasteiger partial charge in [-0.1, -0.05) is 25.2 Å². The van der Waals surface area contributed by atoms with Gasteiger partial charge in [0.25, 0.3) is 0 Å². The van der Waals surface area contributed by atoms with Gasteiger partial charge in [0, 0.05) is 32.0 Å². The van der Waals surface area contributed by atoms with Crippen LogP contribution in [0.25, 0.3) is 0 Å². The Morgan fingerprint density at radius 1 is 1.27 bits per heavy atom. The highest BCUT2D eigenvalue weighted by atomic mass is 32.2. The Morgan fingerprint density at radius 2 is 1.92 bits per heavy atom. The van der Waals surface area contributed by atoms with Crippen molar-refractivity contribution in [1.29, 1.82) is 0 Å². The predicted molar refractivity (Wildman–Crippen MR) is 97.2 cm³/mol. The lowest BCUT2D eigenvalue weighted by atomic mass is 10.0. The first-order valence-corrected chi connectivity index (χ1v) is 11.0. The Morgan fingerprint density at radius 3 is 2.46 bits per heavy atom. The molecule has 1 unspecified atom stereocenters. The minimum atomic E-state index is -3.57. The first-order valence-electron chi connectivity index (χ1n) is 8.61. The Balaban J connectivity index is 1.62. The van der Waals surface area contributed by atoms with Gasteiger partial charge in [-0.15, -0.1) is 10.2 Å². The van der Waals surface area contributed by atoms with E-state index in [0.717, 1.165) is 5.01 Å². The Kier molecular flexibility index (Phi) is 5.31. The number of nitrogens with zero attached hydrogens (tertiary/aromatic N) is 4. The molecule has 0 bridgehead atoms. The SMILES string of the molecule is CC(C)c1nnc(N2CC(C(=O)N3CCC(S(N)(=O)=O)CC3)CC2=O)s1. The van der Waals surface area contributed by atoms with E-state index in [0.29, 0.717) is 37.6 Å². The zero-order valence-electron chi connectivity index (χ0n) is 14.8. The third-order valence-corrected chi connectivity index (χ3v) is 7.49. The molecule has 0 radical (unpaired) electrons. The number of amides is 2. The van der Waals surface area contributed by atoms with Crippen LogP contribution in [0.1, 0.15) is 44.0 Å². The van der Waals surface area contributed by atoms with Gasteiger partial charge in [0.2, 0.25) is 27.0 Å². The minimum Gasteiger partial charge on any atom is -0.342 e. The summed E-state index contributed by atoms with van der Waals surface area (Å²) in [4.78, 5) is 28.2. The maximum absolute atomic E-state index is 12.7. The fourth-order valence-corrected chi connectivity index (χ4v) is 5.03. The van der Waals surface area contributed by atoms with Gasteiger partial charge < -0.3 is 4.90 Å². The van der Waals surface area contributed by atoms with E-state index in [1.54, 1.807) is 4.90 Å². The van der Waals surface area contributed by atoms with E-state index in [1.807, 2.05) is 13.8 Å². The number of carbonyl (C=O) groups is 2. The first kappa shape index (κ1) is 19.2. The first-order chi connectivity index (χ1) is 12.2. The van der Waals surface area contributed by atoms with Crippen LogP contribution in [0.4, 0.5) is 5.13 Å². The predicted octanol–water partition coefficient (Wildman–Crippen LogP) is 0.294. The molecule has 11 heteroatoms. The highest BCUT2D eigenvalue weighted by molar-refractivity contribution is 7.89. The molecule has 2 amide bonds. The number of hydrogen-bond donors (Lipinski definition) is 1. The molecular formula is C15H23N5O4S2. The van der Waals surface area contributed by atoms with Crippen molar-refractivity contribution in [3.8, 4) is 0 Å². The van der Waals surface area contributed by atoms with E-state index in [2.05, 4.69) is 10.2 Å². The van der Waals surface area contributed by atoms with Gasteiger partial charge in [0.05, 0.1) is 11.2 Å². The van der Waals surface area contributed by atoms with Gasteiger partial charge in [0.15, 0.2) is 0 Å². The highest BCUT2D eigenvalue weighted by Gasteiger charge is 2.40. The molecule has 2 aliphatic rings. The zero-order chi connectivity index (χ0) is 19.1. The molecule has 2 saturated heterocycles. The topological polar surface area (TPSA) is 127 Å². The zero-order valence-corrected chi connectivity index (χ0v) is 16.4. The van der Waals surface area contributed by atoms with Gasteiger partial charge in [0.1, 0.15) is 5.01 Å². The summed E-state index contributed by atoms with van der Waals surface area (Å²) in [6.07, 6.45) is 0.816. The largest absolute Gasteiger partial charge is 0.342 e. The molecule has 2 fully saturated rings. The second-order valence-corrected chi connectivity index (χ2v) is 9.93. The second-order valence-electron chi connectivity index (χ2n) is 7.10. The van der Waals surface area contributed by atoms with Crippen LogP contribution in [0.3, 0.4) is 0 Å².